The molecule has 6 rings (SSSR count). The smallest absolute Gasteiger partial charge is 0.230 e. The van der Waals surface area contributed by atoms with Crippen molar-refractivity contribution in [2.75, 3.05) is 13.1 Å². The summed E-state index contributed by atoms with van der Waals surface area (Å²) in [5.41, 5.74) is 1.17. The first-order chi connectivity index (χ1) is 16.1. The van der Waals surface area contributed by atoms with Crippen LogP contribution in [0.15, 0.2) is 48.7 Å². The summed E-state index contributed by atoms with van der Waals surface area (Å²) >= 11 is 0. The second-order valence-electron chi connectivity index (χ2n) is 9.28. The Hall–Kier alpha value is -2.90. The summed E-state index contributed by atoms with van der Waals surface area (Å²) in [6, 6.07) is 12.6. The number of fused-ring (bicyclic) bond motifs is 3. The molecule has 5 nitrogen and oxygen atoms in total. The zero-order chi connectivity index (χ0) is 22.6. The number of benzene rings is 2. The summed E-state index contributed by atoms with van der Waals surface area (Å²) in [7, 11) is 0. The number of nitrogens with zero attached hydrogens (tertiary/aromatic N) is 2. The molecule has 2 atom stereocenters. The number of carbonyl (C=O) groups excluding carboxylic acids is 1. The third-order valence-electron chi connectivity index (χ3n) is 7.32. The minimum atomic E-state index is -0.939. The van der Waals surface area contributed by atoms with Gasteiger partial charge in [0.25, 0.3) is 0 Å². The first-order valence-electron chi connectivity index (χ1n) is 11.5. The summed E-state index contributed by atoms with van der Waals surface area (Å²) in [4.78, 5) is 20.6. The van der Waals surface area contributed by atoms with Gasteiger partial charge in [0.15, 0.2) is 11.6 Å². The lowest BCUT2D eigenvalue weighted by Crippen LogP contribution is -2.55. The minimum Gasteiger partial charge on any atom is -0.365 e. The molecule has 1 saturated heterocycles. The van der Waals surface area contributed by atoms with E-state index in [1.54, 1.807) is 6.20 Å². The Kier molecular flexibility index (Phi) is 4.92. The topological polar surface area (TPSA) is 54.5 Å². The van der Waals surface area contributed by atoms with Gasteiger partial charge in [-0.1, -0.05) is 24.3 Å². The quantitative estimate of drug-likeness (QED) is 0.653. The van der Waals surface area contributed by atoms with Gasteiger partial charge in [-0.3, -0.25) is 9.78 Å². The van der Waals surface area contributed by atoms with Gasteiger partial charge in [-0.2, -0.15) is 0 Å². The van der Waals surface area contributed by atoms with Crippen molar-refractivity contribution in [3.8, 4) is 0 Å². The van der Waals surface area contributed by atoms with E-state index < -0.39 is 23.2 Å². The van der Waals surface area contributed by atoms with Gasteiger partial charge in [0.2, 0.25) is 5.91 Å². The van der Waals surface area contributed by atoms with Gasteiger partial charge in [-0.15, -0.1) is 0 Å². The Bertz CT molecular complexity index is 1240. The normalized spacial score (nSPS) is 24.2. The molecule has 3 heterocycles. The van der Waals surface area contributed by atoms with Crippen LogP contribution in [-0.2, 0) is 28.3 Å². The summed E-state index contributed by atoms with van der Waals surface area (Å²) in [6.07, 6.45) is 4.24. The second-order valence-corrected chi connectivity index (χ2v) is 9.28. The molecule has 1 spiro atoms. The van der Waals surface area contributed by atoms with Crippen molar-refractivity contribution in [3.05, 3.63) is 77.1 Å². The van der Waals surface area contributed by atoms with Crippen molar-refractivity contribution < 1.29 is 18.3 Å². The average molecular weight is 450 g/mol. The minimum absolute atomic E-state index is 0.0167. The molecule has 7 heteroatoms. The van der Waals surface area contributed by atoms with E-state index in [-0.39, 0.29) is 18.6 Å². The van der Waals surface area contributed by atoms with Crippen LogP contribution in [0.5, 0.6) is 0 Å². The summed E-state index contributed by atoms with van der Waals surface area (Å²) in [5, 5.41) is 5.45. The highest BCUT2D eigenvalue weighted by Crippen LogP contribution is 2.48. The van der Waals surface area contributed by atoms with Crippen LogP contribution in [0.4, 0.5) is 8.78 Å². The number of amides is 1. The molecule has 3 aromatic rings. The maximum Gasteiger partial charge on any atom is 0.230 e. The van der Waals surface area contributed by atoms with Gasteiger partial charge in [0, 0.05) is 24.2 Å². The van der Waals surface area contributed by atoms with Crippen molar-refractivity contribution in [1.29, 1.82) is 0 Å². The monoisotopic (exact) mass is 449 g/mol. The Morgan fingerprint density at radius 2 is 2.00 bits per heavy atom. The standard InChI is InChI=1S/C26H25F2N3O2/c27-22-11-17-15-33-26(20(17)12-23(22)28)8-10-29-13-21(26)25(32)31(18-5-6-18)14-24-19-4-2-1-3-16(19)7-9-30-24/h1-4,7,9,11-12,18,21,29H,5-6,8,10,13-15H2/t21-,26?/m1/s1. The highest BCUT2D eigenvalue weighted by Gasteiger charge is 2.53. The van der Waals surface area contributed by atoms with Gasteiger partial charge in [-0.25, -0.2) is 8.78 Å². The van der Waals surface area contributed by atoms with E-state index in [4.69, 9.17) is 4.74 Å². The number of ether oxygens (including phenoxy) is 1. The SMILES string of the molecule is O=C([C@H]1CNCCC12OCc1cc(F)c(F)cc12)N(Cc1nccc2ccccc12)C1CC1. The molecule has 1 aromatic heterocycles. The summed E-state index contributed by atoms with van der Waals surface area (Å²) < 4.78 is 34.3. The van der Waals surface area contributed by atoms with Crippen molar-refractivity contribution in [2.45, 2.75) is 44.1 Å². The molecule has 3 aliphatic rings. The largest absolute Gasteiger partial charge is 0.365 e. The van der Waals surface area contributed by atoms with Crippen molar-refractivity contribution in [1.82, 2.24) is 15.2 Å². The molecule has 1 saturated carbocycles. The van der Waals surface area contributed by atoms with Crippen LogP contribution in [0, 0.1) is 17.6 Å². The van der Waals surface area contributed by atoms with Crippen LogP contribution < -0.4 is 5.32 Å². The highest BCUT2D eigenvalue weighted by atomic mass is 19.2. The second kappa shape index (κ2) is 7.85. The average Bonchev–Trinajstić information content (AvgIpc) is 3.63. The molecule has 1 unspecified atom stereocenters. The number of nitrogens with one attached hydrogen (secondary N) is 1. The predicted octanol–water partition coefficient (Wildman–Crippen LogP) is 4.04. The summed E-state index contributed by atoms with van der Waals surface area (Å²) in [6.45, 7) is 1.69. The van der Waals surface area contributed by atoms with Gasteiger partial charge in [0.05, 0.1) is 24.8 Å². The molecule has 1 N–H and O–H groups in total. The molecule has 2 aliphatic heterocycles. The van der Waals surface area contributed by atoms with Gasteiger partial charge < -0.3 is 15.0 Å². The molecule has 2 fully saturated rings. The summed E-state index contributed by atoms with van der Waals surface area (Å²) in [5.74, 6) is -2.32. The van der Waals surface area contributed by atoms with E-state index in [0.29, 0.717) is 37.2 Å². The Morgan fingerprint density at radius 3 is 2.85 bits per heavy atom. The van der Waals surface area contributed by atoms with Gasteiger partial charge >= 0.3 is 0 Å². The number of hydrogen-bond acceptors (Lipinski definition) is 4. The zero-order valence-corrected chi connectivity index (χ0v) is 18.2. The van der Waals surface area contributed by atoms with E-state index in [0.717, 1.165) is 29.3 Å². The number of hydrogen-bond donors (Lipinski definition) is 1. The maximum atomic E-state index is 14.2. The number of piperidine rings is 1. The number of carbonyl (C=O) groups is 1. The van der Waals surface area contributed by atoms with Crippen LogP contribution in [0.1, 0.15) is 36.1 Å². The molecule has 1 aliphatic carbocycles. The Balaban J connectivity index is 1.37. The molecule has 1 amide bonds. The first kappa shape index (κ1) is 20.7. The molecule has 2 aromatic carbocycles. The van der Waals surface area contributed by atoms with Gasteiger partial charge in [0.1, 0.15) is 5.60 Å². The van der Waals surface area contributed by atoms with Crippen LogP contribution in [0.25, 0.3) is 10.8 Å². The zero-order valence-electron chi connectivity index (χ0n) is 18.2. The molecule has 170 valence electrons. The van der Waals surface area contributed by atoms with E-state index in [2.05, 4.69) is 10.3 Å². The van der Waals surface area contributed by atoms with Gasteiger partial charge in [-0.05, 0) is 60.5 Å². The third kappa shape index (κ3) is 3.42. The van der Waals surface area contributed by atoms with Crippen molar-refractivity contribution in [2.24, 2.45) is 5.92 Å². The molecule has 0 radical (unpaired) electrons. The van der Waals surface area contributed by atoms with Crippen LogP contribution in [0.3, 0.4) is 0 Å². The Morgan fingerprint density at radius 1 is 1.18 bits per heavy atom. The van der Waals surface area contributed by atoms with Crippen LogP contribution in [-0.4, -0.2) is 34.9 Å². The number of pyridine rings is 1. The third-order valence-corrected chi connectivity index (χ3v) is 7.32. The van der Waals surface area contributed by atoms with Crippen LogP contribution >= 0.6 is 0 Å². The fourth-order valence-electron chi connectivity index (χ4n) is 5.47. The predicted molar refractivity (Wildman–Crippen MR) is 119 cm³/mol. The molecular formula is C26H25F2N3O2. The van der Waals surface area contributed by atoms with E-state index in [1.165, 1.54) is 12.1 Å². The fraction of sp³-hybridized carbons (Fsp3) is 0.385. The first-order valence-corrected chi connectivity index (χ1v) is 11.5. The molecular weight excluding hydrogens is 424 g/mol. The van der Waals surface area contributed by atoms with Crippen molar-refractivity contribution >= 4 is 16.7 Å². The van der Waals surface area contributed by atoms with E-state index in [1.807, 2.05) is 35.2 Å². The lowest BCUT2D eigenvalue weighted by molar-refractivity contribution is -0.157. The molecule has 33 heavy (non-hydrogen) atoms. The lowest BCUT2D eigenvalue weighted by Gasteiger charge is -2.42. The van der Waals surface area contributed by atoms with E-state index in [9.17, 15) is 13.6 Å². The Labute approximate surface area is 190 Å². The highest BCUT2D eigenvalue weighted by molar-refractivity contribution is 5.86. The van der Waals surface area contributed by atoms with Crippen LogP contribution in [0.2, 0.25) is 0 Å². The van der Waals surface area contributed by atoms with Crippen molar-refractivity contribution in [3.63, 3.8) is 0 Å². The maximum absolute atomic E-state index is 14.2. The van der Waals surface area contributed by atoms with E-state index >= 15 is 0 Å². The number of aromatic nitrogens is 1. The number of rotatable bonds is 4. The lowest BCUT2D eigenvalue weighted by atomic mass is 9.75. The molecule has 0 bridgehead atoms. The number of halogens is 2. The fourth-order valence-corrected chi connectivity index (χ4v) is 5.47.